The number of rotatable bonds is 0. The Morgan fingerprint density at radius 2 is 1.15 bits per heavy atom. The lowest BCUT2D eigenvalue weighted by atomic mass is 10.2. The molecule has 0 spiro atoms. The van der Waals surface area contributed by atoms with Crippen LogP contribution in [-0.2, 0) is 0 Å². The van der Waals surface area contributed by atoms with Crippen molar-refractivity contribution >= 4 is 11.3 Å². The second-order valence-corrected chi connectivity index (χ2v) is 3.76. The smallest absolute Gasteiger partial charge is 0.00934 e. The molecule has 0 unspecified atom stereocenters. The topological polar surface area (TPSA) is 0 Å². The minimum Gasteiger partial charge on any atom is -0.152 e. The van der Waals surface area contributed by atoms with Gasteiger partial charge in [-0.1, -0.05) is 47.5 Å². The Hall–Kier alpha value is -1.08. The molecular formula is C12H14S. The van der Waals surface area contributed by atoms with Gasteiger partial charge in [0.05, 0.1) is 0 Å². The fraction of sp³-hybridized carbons (Fsp3) is 0.167. The number of benzene rings is 1. The molecule has 0 aliphatic rings. The molecule has 1 heteroatoms. The van der Waals surface area contributed by atoms with Crippen molar-refractivity contribution in [1.82, 2.24) is 0 Å². The van der Waals surface area contributed by atoms with Crippen LogP contribution in [0.1, 0.15) is 11.1 Å². The summed E-state index contributed by atoms with van der Waals surface area (Å²) in [6, 6.07) is 12.5. The maximum atomic E-state index is 2.12. The molecule has 0 saturated heterocycles. The molecule has 0 bridgehead atoms. The normalized spacial score (nSPS) is 8.77. The van der Waals surface area contributed by atoms with Gasteiger partial charge in [0, 0.05) is 0 Å². The first-order valence-electron chi connectivity index (χ1n) is 4.29. The third kappa shape index (κ3) is 4.48. The van der Waals surface area contributed by atoms with Gasteiger partial charge in [0.1, 0.15) is 0 Å². The minimum atomic E-state index is 1.33. The average Bonchev–Trinajstić information content (AvgIpc) is 2.68. The zero-order valence-electron chi connectivity index (χ0n) is 8.03. The van der Waals surface area contributed by atoms with E-state index in [0.717, 1.165) is 0 Å². The van der Waals surface area contributed by atoms with Crippen LogP contribution >= 0.6 is 11.3 Å². The van der Waals surface area contributed by atoms with Gasteiger partial charge in [-0.05, 0) is 24.6 Å². The Bertz CT molecular complexity index is 267. The molecule has 0 amide bonds. The van der Waals surface area contributed by atoms with Crippen LogP contribution in [0.25, 0.3) is 0 Å². The standard InChI is InChI=1S/C8H10.C4H4S/c1-7-3-5-8(2)6-4-7;1-2-4-5-3-1/h3-6H,1-2H3;1-4H. The van der Waals surface area contributed by atoms with Gasteiger partial charge in [-0.3, -0.25) is 0 Å². The molecule has 1 heterocycles. The highest BCUT2D eigenvalue weighted by molar-refractivity contribution is 7.07. The molecule has 0 aliphatic heterocycles. The highest BCUT2D eigenvalue weighted by Gasteiger charge is 1.79. The van der Waals surface area contributed by atoms with Crippen LogP contribution in [0.5, 0.6) is 0 Å². The highest BCUT2D eigenvalue weighted by atomic mass is 32.1. The van der Waals surface area contributed by atoms with Crippen molar-refractivity contribution < 1.29 is 0 Å². The molecule has 0 N–H and O–H groups in total. The summed E-state index contributed by atoms with van der Waals surface area (Å²) < 4.78 is 0. The Labute approximate surface area is 83.9 Å². The lowest BCUT2D eigenvalue weighted by Gasteiger charge is -1.90. The summed E-state index contributed by atoms with van der Waals surface area (Å²) in [5.41, 5.74) is 2.66. The van der Waals surface area contributed by atoms with Crippen LogP contribution in [0.4, 0.5) is 0 Å². The molecule has 0 nitrogen and oxygen atoms in total. The summed E-state index contributed by atoms with van der Waals surface area (Å²) in [7, 11) is 0. The fourth-order valence-corrected chi connectivity index (χ4v) is 1.32. The molecule has 68 valence electrons. The molecule has 2 rings (SSSR count). The van der Waals surface area contributed by atoms with Crippen molar-refractivity contribution in [2.75, 3.05) is 0 Å². The summed E-state index contributed by atoms with van der Waals surface area (Å²) in [6.07, 6.45) is 0. The summed E-state index contributed by atoms with van der Waals surface area (Å²) >= 11 is 1.71. The van der Waals surface area contributed by atoms with Crippen LogP contribution in [0.3, 0.4) is 0 Å². The van der Waals surface area contributed by atoms with Crippen LogP contribution < -0.4 is 0 Å². The van der Waals surface area contributed by atoms with Gasteiger partial charge >= 0.3 is 0 Å². The van der Waals surface area contributed by atoms with Gasteiger partial charge < -0.3 is 0 Å². The Kier molecular flexibility index (Phi) is 4.27. The summed E-state index contributed by atoms with van der Waals surface area (Å²) in [5.74, 6) is 0. The second kappa shape index (κ2) is 5.55. The molecule has 1 aromatic heterocycles. The van der Waals surface area contributed by atoms with Gasteiger partial charge in [0.2, 0.25) is 0 Å². The van der Waals surface area contributed by atoms with E-state index in [9.17, 15) is 0 Å². The molecule has 2 aromatic rings. The molecule has 13 heavy (non-hydrogen) atoms. The van der Waals surface area contributed by atoms with E-state index >= 15 is 0 Å². The maximum Gasteiger partial charge on any atom is -0.00934 e. The van der Waals surface area contributed by atoms with E-state index in [1.807, 2.05) is 22.9 Å². The van der Waals surface area contributed by atoms with Crippen molar-refractivity contribution in [3.05, 3.63) is 58.3 Å². The van der Waals surface area contributed by atoms with E-state index < -0.39 is 0 Å². The van der Waals surface area contributed by atoms with E-state index in [1.165, 1.54) is 11.1 Å². The van der Waals surface area contributed by atoms with Crippen molar-refractivity contribution in [3.63, 3.8) is 0 Å². The number of hydrogen-bond donors (Lipinski definition) is 0. The number of thiophene rings is 1. The van der Waals surface area contributed by atoms with Gasteiger partial charge in [-0.15, -0.1) is 0 Å². The fourth-order valence-electron chi connectivity index (χ4n) is 0.864. The highest BCUT2D eigenvalue weighted by Crippen LogP contribution is 1.99. The Morgan fingerprint density at radius 1 is 0.769 bits per heavy atom. The molecule has 0 radical (unpaired) electrons. The average molecular weight is 190 g/mol. The SMILES string of the molecule is Cc1ccc(C)cc1.c1ccsc1. The molecule has 0 atom stereocenters. The van der Waals surface area contributed by atoms with Gasteiger partial charge in [-0.2, -0.15) is 11.3 Å². The van der Waals surface area contributed by atoms with E-state index in [-0.39, 0.29) is 0 Å². The predicted octanol–water partition coefficient (Wildman–Crippen LogP) is 4.05. The zero-order valence-corrected chi connectivity index (χ0v) is 8.84. The van der Waals surface area contributed by atoms with Crippen molar-refractivity contribution in [1.29, 1.82) is 0 Å². The number of aryl methyl sites for hydroxylation is 2. The first-order valence-corrected chi connectivity index (χ1v) is 5.24. The van der Waals surface area contributed by atoms with E-state index in [4.69, 9.17) is 0 Å². The number of hydrogen-bond acceptors (Lipinski definition) is 1. The lowest BCUT2D eigenvalue weighted by Crippen LogP contribution is -1.70. The lowest BCUT2D eigenvalue weighted by molar-refractivity contribution is 1.40. The van der Waals surface area contributed by atoms with Gasteiger partial charge in [0.25, 0.3) is 0 Å². The minimum absolute atomic E-state index is 1.33. The molecular weight excluding hydrogens is 176 g/mol. The summed E-state index contributed by atoms with van der Waals surface area (Å²) in [4.78, 5) is 0. The van der Waals surface area contributed by atoms with Gasteiger partial charge in [-0.25, -0.2) is 0 Å². The first-order chi connectivity index (χ1) is 6.29. The molecule has 0 aliphatic carbocycles. The second-order valence-electron chi connectivity index (χ2n) is 2.95. The molecule has 0 saturated carbocycles. The third-order valence-corrected chi connectivity index (χ3v) is 2.27. The van der Waals surface area contributed by atoms with Crippen molar-refractivity contribution in [3.8, 4) is 0 Å². The third-order valence-electron chi connectivity index (χ3n) is 1.64. The Morgan fingerprint density at radius 3 is 1.38 bits per heavy atom. The predicted molar refractivity (Wildman–Crippen MR) is 60.2 cm³/mol. The van der Waals surface area contributed by atoms with Crippen LogP contribution in [0, 0.1) is 13.8 Å². The van der Waals surface area contributed by atoms with Crippen LogP contribution in [0.2, 0.25) is 0 Å². The van der Waals surface area contributed by atoms with Gasteiger partial charge in [0.15, 0.2) is 0 Å². The van der Waals surface area contributed by atoms with Crippen LogP contribution in [-0.4, -0.2) is 0 Å². The quantitative estimate of drug-likeness (QED) is 0.588. The molecule has 1 aromatic carbocycles. The molecule has 0 fully saturated rings. The van der Waals surface area contributed by atoms with E-state index in [2.05, 4.69) is 38.1 Å². The van der Waals surface area contributed by atoms with Crippen molar-refractivity contribution in [2.45, 2.75) is 13.8 Å². The summed E-state index contributed by atoms with van der Waals surface area (Å²) in [5, 5.41) is 4.08. The largest absolute Gasteiger partial charge is 0.152 e. The van der Waals surface area contributed by atoms with Crippen molar-refractivity contribution in [2.24, 2.45) is 0 Å². The first kappa shape index (κ1) is 10.0. The van der Waals surface area contributed by atoms with Crippen LogP contribution in [0.15, 0.2) is 47.2 Å². The summed E-state index contributed by atoms with van der Waals surface area (Å²) in [6.45, 7) is 4.19. The zero-order chi connectivity index (χ0) is 9.52. The monoisotopic (exact) mass is 190 g/mol. The van der Waals surface area contributed by atoms with E-state index in [0.29, 0.717) is 0 Å². The van der Waals surface area contributed by atoms with E-state index in [1.54, 1.807) is 11.3 Å². The Balaban J connectivity index is 0.000000145. The maximum absolute atomic E-state index is 2.12.